The van der Waals surface area contributed by atoms with Crippen molar-refractivity contribution in [1.29, 1.82) is 0 Å². The predicted octanol–water partition coefficient (Wildman–Crippen LogP) is 4.24. The van der Waals surface area contributed by atoms with Crippen molar-refractivity contribution >= 4 is 0 Å². The molecule has 0 radical (unpaired) electrons. The molecule has 0 heterocycles. The highest BCUT2D eigenvalue weighted by atomic mass is 16.5. The monoisotopic (exact) mass is 273 g/mol. The third-order valence-electron chi connectivity index (χ3n) is 5.57. The fourth-order valence-electron chi connectivity index (χ4n) is 4.04. The number of fused-ring (bicyclic) bond motifs is 1. The Morgan fingerprint density at radius 2 is 2.10 bits per heavy atom. The first kappa shape index (κ1) is 13.9. The highest BCUT2D eigenvalue weighted by Gasteiger charge is 2.33. The van der Waals surface area contributed by atoms with Crippen LogP contribution in [0.1, 0.15) is 62.6 Å². The Hall–Kier alpha value is -1.02. The Labute approximate surface area is 122 Å². The van der Waals surface area contributed by atoms with Gasteiger partial charge >= 0.3 is 0 Å². The molecule has 0 bridgehead atoms. The van der Waals surface area contributed by atoms with Gasteiger partial charge in [-0.3, -0.25) is 0 Å². The Balaban J connectivity index is 1.68. The molecule has 0 spiro atoms. The average Bonchev–Trinajstić information content (AvgIpc) is 3.12. The van der Waals surface area contributed by atoms with Crippen molar-refractivity contribution < 1.29 is 4.74 Å². The lowest BCUT2D eigenvalue weighted by Gasteiger charge is -2.30. The summed E-state index contributed by atoms with van der Waals surface area (Å²) in [7, 11) is 1.75. The summed E-state index contributed by atoms with van der Waals surface area (Å²) < 4.78 is 5.38. The highest BCUT2D eigenvalue weighted by Crippen LogP contribution is 2.41. The van der Waals surface area contributed by atoms with Crippen LogP contribution in [-0.4, -0.2) is 13.7 Å². The molecule has 0 aliphatic heterocycles. The number of methoxy groups -OCH3 is 1. The van der Waals surface area contributed by atoms with Gasteiger partial charge in [-0.2, -0.15) is 0 Å². The second kappa shape index (κ2) is 5.77. The summed E-state index contributed by atoms with van der Waals surface area (Å²) in [6.45, 7) is 3.55. The minimum Gasteiger partial charge on any atom is -0.497 e. The van der Waals surface area contributed by atoms with Crippen LogP contribution in [-0.2, 0) is 6.42 Å². The van der Waals surface area contributed by atoms with Gasteiger partial charge in [0.05, 0.1) is 7.11 Å². The minimum atomic E-state index is 0.532. The Morgan fingerprint density at radius 3 is 2.80 bits per heavy atom. The van der Waals surface area contributed by atoms with Crippen molar-refractivity contribution in [1.82, 2.24) is 5.32 Å². The van der Waals surface area contributed by atoms with Gasteiger partial charge in [0.1, 0.15) is 5.75 Å². The molecule has 0 aromatic heterocycles. The Bertz CT molecular complexity index is 462. The lowest BCUT2D eigenvalue weighted by molar-refractivity contribution is 0.255. The summed E-state index contributed by atoms with van der Waals surface area (Å²) >= 11 is 0. The molecule has 2 aliphatic rings. The maximum Gasteiger partial charge on any atom is 0.119 e. The lowest BCUT2D eigenvalue weighted by atomic mass is 9.83. The molecule has 1 N–H and O–H groups in total. The standard InChI is InChI=1S/C18H27NO/c1-3-18(10-4-5-11-18)13-19-17-9-7-14-6-8-15(20-2)12-16(14)17/h6,8,12,17,19H,3-5,7,9-11,13H2,1-2H3. The maximum absolute atomic E-state index is 5.38. The van der Waals surface area contributed by atoms with Gasteiger partial charge in [0.15, 0.2) is 0 Å². The van der Waals surface area contributed by atoms with E-state index >= 15 is 0 Å². The zero-order chi connectivity index (χ0) is 14.0. The molecule has 2 aliphatic carbocycles. The van der Waals surface area contributed by atoms with Crippen molar-refractivity contribution in [2.24, 2.45) is 5.41 Å². The highest BCUT2D eigenvalue weighted by molar-refractivity contribution is 5.40. The van der Waals surface area contributed by atoms with Crippen LogP contribution >= 0.6 is 0 Å². The van der Waals surface area contributed by atoms with E-state index in [2.05, 4.69) is 30.4 Å². The first-order valence-corrected chi connectivity index (χ1v) is 8.16. The number of nitrogens with one attached hydrogen (secondary N) is 1. The molecular formula is C18H27NO. The summed E-state index contributed by atoms with van der Waals surface area (Å²) in [5.41, 5.74) is 3.54. The van der Waals surface area contributed by atoms with Crippen LogP contribution in [0, 0.1) is 5.41 Å². The van der Waals surface area contributed by atoms with E-state index in [9.17, 15) is 0 Å². The summed E-state index contributed by atoms with van der Waals surface area (Å²) in [6.07, 6.45) is 9.42. The quantitative estimate of drug-likeness (QED) is 0.866. The van der Waals surface area contributed by atoms with Crippen LogP contribution in [0.15, 0.2) is 18.2 Å². The average molecular weight is 273 g/mol. The van der Waals surface area contributed by atoms with Crippen LogP contribution in [0.25, 0.3) is 0 Å². The largest absolute Gasteiger partial charge is 0.497 e. The number of hydrogen-bond acceptors (Lipinski definition) is 2. The van der Waals surface area contributed by atoms with E-state index in [4.69, 9.17) is 4.74 Å². The van der Waals surface area contributed by atoms with Crippen molar-refractivity contribution in [2.75, 3.05) is 13.7 Å². The topological polar surface area (TPSA) is 21.3 Å². The van der Waals surface area contributed by atoms with Gasteiger partial charge in [0.25, 0.3) is 0 Å². The molecule has 2 nitrogen and oxygen atoms in total. The normalized spacial score (nSPS) is 23.8. The van der Waals surface area contributed by atoms with Gasteiger partial charge in [-0.05, 0) is 60.8 Å². The Kier molecular flexibility index (Phi) is 4.02. The van der Waals surface area contributed by atoms with Gasteiger partial charge in [0.2, 0.25) is 0 Å². The van der Waals surface area contributed by atoms with Crippen LogP contribution < -0.4 is 10.1 Å². The van der Waals surface area contributed by atoms with Crippen LogP contribution in [0.3, 0.4) is 0 Å². The predicted molar refractivity (Wildman–Crippen MR) is 83.3 cm³/mol. The zero-order valence-electron chi connectivity index (χ0n) is 12.9. The van der Waals surface area contributed by atoms with Crippen molar-refractivity contribution in [3.05, 3.63) is 29.3 Å². The van der Waals surface area contributed by atoms with Crippen LogP contribution in [0.5, 0.6) is 5.75 Å². The zero-order valence-corrected chi connectivity index (χ0v) is 12.9. The smallest absolute Gasteiger partial charge is 0.119 e. The summed E-state index contributed by atoms with van der Waals surface area (Å²) in [5.74, 6) is 0.989. The minimum absolute atomic E-state index is 0.532. The number of aryl methyl sites for hydroxylation is 1. The van der Waals surface area contributed by atoms with E-state index in [0.717, 1.165) is 5.75 Å². The maximum atomic E-state index is 5.38. The summed E-state index contributed by atoms with van der Waals surface area (Å²) in [4.78, 5) is 0. The van der Waals surface area contributed by atoms with Gasteiger partial charge < -0.3 is 10.1 Å². The molecule has 0 amide bonds. The number of ether oxygens (including phenoxy) is 1. The molecule has 1 fully saturated rings. The van der Waals surface area contributed by atoms with Gasteiger partial charge in [-0.1, -0.05) is 25.8 Å². The first-order valence-electron chi connectivity index (χ1n) is 8.16. The Morgan fingerprint density at radius 1 is 1.30 bits per heavy atom. The van der Waals surface area contributed by atoms with Crippen molar-refractivity contribution in [2.45, 2.75) is 57.9 Å². The van der Waals surface area contributed by atoms with E-state index < -0.39 is 0 Å². The molecule has 1 aromatic carbocycles. The summed E-state index contributed by atoms with van der Waals surface area (Å²) in [5, 5.41) is 3.87. The molecule has 110 valence electrons. The third-order valence-corrected chi connectivity index (χ3v) is 5.57. The van der Waals surface area contributed by atoms with E-state index in [-0.39, 0.29) is 0 Å². The van der Waals surface area contributed by atoms with Gasteiger partial charge in [-0.25, -0.2) is 0 Å². The van der Waals surface area contributed by atoms with Crippen LogP contribution in [0.2, 0.25) is 0 Å². The fraction of sp³-hybridized carbons (Fsp3) is 0.667. The third kappa shape index (κ3) is 2.58. The van der Waals surface area contributed by atoms with Crippen LogP contribution in [0.4, 0.5) is 0 Å². The first-order chi connectivity index (χ1) is 9.76. The number of hydrogen-bond donors (Lipinski definition) is 1. The van der Waals surface area contributed by atoms with E-state index in [0.29, 0.717) is 11.5 Å². The van der Waals surface area contributed by atoms with Gasteiger partial charge in [-0.15, -0.1) is 0 Å². The fourth-order valence-corrected chi connectivity index (χ4v) is 4.04. The second-order valence-electron chi connectivity index (χ2n) is 6.60. The molecule has 2 heteroatoms. The molecule has 20 heavy (non-hydrogen) atoms. The number of rotatable bonds is 5. The summed E-state index contributed by atoms with van der Waals surface area (Å²) in [6, 6.07) is 7.09. The van der Waals surface area contributed by atoms with E-state index in [1.165, 1.54) is 62.6 Å². The molecule has 3 rings (SSSR count). The number of benzene rings is 1. The van der Waals surface area contributed by atoms with E-state index in [1.54, 1.807) is 7.11 Å². The van der Waals surface area contributed by atoms with Gasteiger partial charge in [0, 0.05) is 12.6 Å². The molecule has 1 saturated carbocycles. The van der Waals surface area contributed by atoms with E-state index in [1.807, 2.05) is 0 Å². The van der Waals surface area contributed by atoms with Crippen molar-refractivity contribution in [3.63, 3.8) is 0 Å². The lowest BCUT2D eigenvalue weighted by Crippen LogP contribution is -2.33. The molecule has 1 atom stereocenters. The van der Waals surface area contributed by atoms with Crippen molar-refractivity contribution in [3.8, 4) is 5.75 Å². The molecular weight excluding hydrogens is 246 g/mol. The molecule has 1 aromatic rings. The SMILES string of the molecule is CCC1(CNC2CCc3ccc(OC)cc32)CCCC1. The molecule has 0 saturated heterocycles. The second-order valence-corrected chi connectivity index (χ2v) is 6.60. The molecule has 1 unspecified atom stereocenters.